The van der Waals surface area contributed by atoms with Crippen molar-refractivity contribution >= 4 is 12.0 Å². The summed E-state index contributed by atoms with van der Waals surface area (Å²) in [5, 5.41) is 14.9. The predicted molar refractivity (Wildman–Crippen MR) is 68.9 cm³/mol. The number of carboxylic acid groups (broad SMARTS) is 1. The maximum Gasteiger partial charge on any atom is 0.315 e. The van der Waals surface area contributed by atoms with Gasteiger partial charge in [-0.1, -0.05) is 12.8 Å². The highest BCUT2D eigenvalue weighted by Crippen LogP contribution is 2.30. The summed E-state index contributed by atoms with van der Waals surface area (Å²) >= 11 is 0. The summed E-state index contributed by atoms with van der Waals surface area (Å²) in [6.45, 7) is 4.00. The summed E-state index contributed by atoms with van der Waals surface area (Å²) in [5.41, 5.74) is -1.21. The van der Waals surface area contributed by atoms with E-state index in [-0.39, 0.29) is 24.8 Å². The molecule has 6 nitrogen and oxygen atoms in total. The number of hydrogen-bond acceptors (Lipinski definition) is 3. The second kappa shape index (κ2) is 5.00. The zero-order valence-corrected chi connectivity index (χ0v) is 11.5. The van der Waals surface area contributed by atoms with Gasteiger partial charge in [0.1, 0.15) is 5.41 Å². The first-order valence-corrected chi connectivity index (χ1v) is 6.76. The molecule has 2 atom stereocenters. The van der Waals surface area contributed by atoms with E-state index in [0.29, 0.717) is 0 Å². The van der Waals surface area contributed by atoms with Crippen LogP contribution in [0.1, 0.15) is 39.5 Å². The minimum atomic E-state index is -1.05. The first-order chi connectivity index (χ1) is 8.86. The van der Waals surface area contributed by atoms with E-state index < -0.39 is 17.4 Å². The maximum atomic E-state index is 12.0. The molecule has 1 saturated carbocycles. The first kappa shape index (κ1) is 14.1. The van der Waals surface area contributed by atoms with Crippen LogP contribution in [0.2, 0.25) is 0 Å². The summed E-state index contributed by atoms with van der Waals surface area (Å²) in [6.07, 6.45) is 4.18. The quantitative estimate of drug-likeness (QED) is 0.717. The van der Waals surface area contributed by atoms with Crippen LogP contribution in [0.4, 0.5) is 4.79 Å². The van der Waals surface area contributed by atoms with Crippen LogP contribution in [0, 0.1) is 5.41 Å². The molecule has 6 heteroatoms. The van der Waals surface area contributed by atoms with E-state index in [0.717, 1.165) is 25.7 Å². The van der Waals surface area contributed by atoms with E-state index in [1.807, 2.05) is 6.92 Å². The molecule has 2 amide bonds. The molecule has 0 aromatic carbocycles. The third-order valence-electron chi connectivity index (χ3n) is 4.37. The SMILES string of the molecule is CC1(NC(=O)NC2COCC2(C)C(=O)O)CCCC1. The van der Waals surface area contributed by atoms with E-state index >= 15 is 0 Å². The Morgan fingerprint density at radius 1 is 1.26 bits per heavy atom. The van der Waals surface area contributed by atoms with Crippen molar-refractivity contribution in [1.29, 1.82) is 0 Å². The average Bonchev–Trinajstić information content (AvgIpc) is 2.87. The zero-order chi connectivity index (χ0) is 14.1. The molecule has 2 fully saturated rings. The molecule has 2 unspecified atom stereocenters. The van der Waals surface area contributed by atoms with Crippen LogP contribution < -0.4 is 10.6 Å². The Labute approximate surface area is 112 Å². The molecule has 1 saturated heterocycles. The molecule has 1 aliphatic carbocycles. The van der Waals surface area contributed by atoms with Gasteiger partial charge in [-0.25, -0.2) is 4.79 Å². The molecule has 0 aromatic rings. The van der Waals surface area contributed by atoms with Gasteiger partial charge in [-0.05, 0) is 26.7 Å². The Morgan fingerprint density at radius 2 is 1.89 bits per heavy atom. The van der Waals surface area contributed by atoms with Crippen LogP contribution in [0.15, 0.2) is 0 Å². The molecule has 0 radical (unpaired) electrons. The number of hydrogen-bond donors (Lipinski definition) is 3. The summed E-state index contributed by atoms with van der Waals surface area (Å²) < 4.78 is 5.21. The fraction of sp³-hybridized carbons (Fsp3) is 0.846. The van der Waals surface area contributed by atoms with E-state index in [1.165, 1.54) is 0 Å². The van der Waals surface area contributed by atoms with Gasteiger partial charge in [-0.2, -0.15) is 0 Å². The average molecular weight is 270 g/mol. The van der Waals surface area contributed by atoms with Crippen LogP contribution in [-0.4, -0.2) is 41.9 Å². The van der Waals surface area contributed by atoms with Gasteiger partial charge >= 0.3 is 12.0 Å². The fourth-order valence-electron chi connectivity index (χ4n) is 2.83. The molecule has 0 bridgehead atoms. The first-order valence-electron chi connectivity index (χ1n) is 6.76. The van der Waals surface area contributed by atoms with Gasteiger partial charge in [0.05, 0.1) is 19.3 Å². The predicted octanol–water partition coefficient (Wildman–Crippen LogP) is 1.11. The standard InChI is InChI=1S/C13H22N2O4/c1-12(5-3-4-6-12)15-11(18)14-9-7-19-8-13(9,2)10(16)17/h9H,3-8H2,1-2H3,(H,16,17)(H2,14,15,18). The number of urea groups is 1. The minimum absolute atomic E-state index is 0.130. The molecule has 0 spiro atoms. The van der Waals surface area contributed by atoms with Crippen molar-refractivity contribution in [2.45, 2.75) is 51.1 Å². The lowest BCUT2D eigenvalue weighted by atomic mass is 9.85. The van der Waals surface area contributed by atoms with Crippen molar-refractivity contribution in [3.63, 3.8) is 0 Å². The summed E-state index contributed by atoms with van der Waals surface area (Å²) in [4.78, 5) is 23.3. The zero-order valence-electron chi connectivity index (χ0n) is 11.5. The lowest BCUT2D eigenvalue weighted by molar-refractivity contribution is -0.148. The Kier molecular flexibility index (Phi) is 3.71. The summed E-state index contributed by atoms with van der Waals surface area (Å²) in [5.74, 6) is -0.942. The molecule has 19 heavy (non-hydrogen) atoms. The van der Waals surface area contributed by atoms with Crippen LogP contribution in [-0.2, 0) is 9.53 Å². The Morgan fingerprint density at radius 3 is 2.47 bits per heavy atom. The lowest BCUT2D eigenvalue weighted by Crippen LogP contribution is -2.56. The van der Waals surface area contributed by atoms with Crippen LogP contribution in [0.3, 0.4) is 0 Å². The van der Waals surface area contributed by atoms with E-state index in [4.69, 9.17) is 4.74 Å². The molecule has 0 aromatic heterocycles. The Hall–Kier alpha value is -1.30. The van der Waals surface area contributed by atoms with Crippen molar-refractivity contribution in [2.24, 2.45) is 5.41 Å². The Balaban J connectivity index is 1.93. The number of rotatable bonds is 3. The molecular formula is C13H22N2O4. The topological polar surface area (TPSA) is 87.7 Å². The highest BCUT2D eigenvalue weighted by Gasteiger charge is 2.47. The molecule has 1 aliphatic heterocycles. The van der Waals surface area contributed by atoms with Gasteiger partial charge in [-0.3, -0.25) is 4.79 Å². The maximum absolute atomic E-state index is 12.0. The minimum Gasteiger partial charge on any atom is -0.481 e. The monoisotopic (exact) mass is 270 g/mol. The number of amides is 2. The highest BCUT2D eigenvalue weighted by atomic mass is 16.5. The van der Waals surface area contributed by atoms with Gasteiger partial charge < -0.3 is 20.5 Å². The third-order valence-corrected chi connectivity index (χ3v) is 4.37. The van der Waals surface area contributed by atoms with Crippen molar-refractivity contribution in [3.05, 3.63) is 0 Å². The van der Waals surface area contributed by atoms with Crippen LogP contribution >= 0.6 is 0 Å². The van der Waals surface area contributed by atoms with Gasteiger partial charge in [0.2, 0.25) is 0 Å². The van der Waals surface area contributed by atoms with Crippen LogP contribution in [0.25, 0.3) is 0 Å². The third kappa shape index (κ3) is 2.83. The summed E-state index contributed by atoms with van der Waals surface area (Å²) in [6, 6.07) is -0.789. The van der Waals surface area contributed by atoms with E-state index in [9.17, 15) is 14.7 Å². The van der Waals surface area contributed by atoms with Gasteiger partial charge in [0, 0.05) is 5.54 Å². The van der Waals surface area contributed by atoms with E-state index in [1.54, 1.807) is 6.92 Å². The number of carbonyl (C=O) groups excluding carboxylic acids is 1. The smallest absolute Gasteiger partial charge is 0.315 e. The number of nitrogens with one attached hydrogen (secondary N) is 2. The number of carbonyl (C=O) groups is 2. The largest absolute Gasteiger partial charge is 0.481 e. The summed E-state index contributed by atoms with van der Waals surface area (Å²) in [7, 11) is 0. The van der Waals surface area contributed by atoms with Crippen molar-refractivity contribution in [1.82, 2.24) is 10.6 Å². The molecule has 2 rings (SSSR count). The van der Waals surface area contributed by atoms with Crippen LogP contribution in [0.5, 0.6) is 0 Å². The second-order valence-corrected chi connectivity index (χ2v) is 6.16. The van der Waals surface area contributed by atoms with Gasteiger partial charge in [-0.15, -0.1) is 0 Å². The van der Waals surface area contributed by atoms with Crippen molar-refractivity contribution < 1.29 is 19.4 Å². The van der Waals surface area contributed by atoms with Crippen molar-refractivity contribution in [2.75, 3.05) is 13.2 Å². The normalized spacial score (nSPS) is 33.1. The molecule has 108 valence electrons. The molecule has 3 N–H and O–H groups in total. The van der Waals surface area contributed by atoms with E-state index in [2.05, 4.69) is 10.6 Å². The molecule has 1 heterocycles. The molecule has 2 aliphatic rings. The number of ether oxygens (including phenoxy) is 1. The van der Waals surface area contributed by atoms with Gasteiger partial charge in [0.15, 0.2) is 0 Å². The molecular weight excluding hydrogens is 248 g/mol. The highest BCUT2D eigenvalue weighted by molar-refractivity contribution is 5.79. The van der Waals surface area contributed by atoms with Crippen molar-refractivity contribution in [3.8, 4) is 0 Å². The van der Waals surface area contributed by atoms with Gasteiger partial charge in [0.25, 0.3) is 0 Å². The number of aliphatic carboxylic acids is 1. The second-order valence-electron chi connectivity index (χ2n) is 6.16. The number of carboxylic acids is 1. The fourth-order valence-corrected chi connectivity index (χ4v) is 2.83. The lowest BCUT2D eigenvalue weighted by Gasteiger charge is -2.29. The Bertz CT molecular complexity index is 379.